The molecule has 1 aromatic carbocycles. The Morgan fingerprint density at radius 1 is 1.24 bits per heavy atom. The summed E-state index contributed by atoms with van der Waals surface area (Å²) in [6.45, 7) is 0.471. The van der Waals surface area contributed by atoms with Crippen molar-refractivity contribution < 1.29 is 22.4 Å². The van der Waals surface area contributed by atoms with Gasteiger partial charge >= 0.3 is 194 Å². The standard InChI is InChI=1S/C22H21BClF3N4O2/c23-15-4-1-12(2-5-17(15)31-21(32)19-10-28-11-33-19)9-29-18-8-20(22(25,26)27)30-16-6-3-13(24)7-14(16)18/h3,6-8,10-12,17,23H,1-2,4-5,9H2,(H,29,30)(H,31,32)/t12-,17-/m0/s1. The zero-order valence-corrected chi connectivity index (χ0v) is 18.3. The van der Waals surface area contributed by atoms with Gasteiger partial charge in [-0.15, -0.1) is 0 Å². The number of anilines is 1. The fraction of sp³-hybridized carbons (Fsp3) is 0.364. The van der Waals surface area contributed by atoms with Gasteiger partial charge in [0, 0.05) is 0 Å². The van der Waals surface area contributed by atoms with Crippen LogP contribution in [0.5, 0.6) is 0 Å². The van der Waals surface area contributed by atoms with E-state index in [2.05, 4.69) is 28.1 Å². The first-order valence-corrected chi connectivity index (χ1v) is 10.9. The molecule has 4 rings (SSSR count). The summed E-state index contributed by atoms with van der Waals surface area (Å²) in [5.74, 6) is -0.0327. The van der Waals surface area contributed by atoms with E-state index < -0.39 is 11.9 Å². The molecule has 2 atom stereocenters. The van der Waals surface area contributed by atoms with E-state index >= 15 is 0 Å². The van der Waals surface area contributed by atoms with Crippen LogP contribution in [-0.4, -0.2) is 41.4 Å². The van der Waals surface area contributed by atoms with Crippen molar-refractivity contribution in [1.29, 1.82) is 0 Å². The average molecular weight is 477 g/mol. The van der Waals surface area contributed by atoms with Crippen LogP contribution in [0.4, 0.5) is 18.9 Å². The van der Waals surface area contributed by atoms with Crippen molar-refractivity contribution in [3.8, 4) is 0 Å². The van der Waals surface area contributed by atoms with Crippen molar-refractivity contribution >= 4 is 47.0 Å². The Morgan fingerprint density at radius 3 is 2.79 bits per heavy atom. The molecule has 11 heteroatoms. The molecule has 0 radical (unpaired) electrons. The van der Waals surface area contributed by atoms with E-state index in [1.54, 1.807) is 6.07 Å². The topological polar surface area (TPSA) is 80.0 Å². The van der Waals surface area contributed by atoms with Gasteiger partial charge in [0.1, 0.15) is 0 Å². The first kappa shape index (κ1) is 23.3. The third kappa shape index (κ3) is 5.55. The van der Waals surface area contributed by atoms with Crippen LogP contribution in [0.25, 0.3) is 10.9 Å². The summed E-state index contributed by atoms with van der Waals surface area (Å²) in [7, 11) is 4.10. The molecular weight excluding hydrogens is 456 g/mol. The molecule has 2 heterocycles. The van der Waals surface area contributed by atoms with Crippen molar-refractivity contribution in [2.45, 2.75) is 37.9 Å². The number of carbonyl (C=O) groups is 1. The van der Waals surface area contributed by atoms with Crippen molar-refractivity contribution in [2.24, 2.45) is 5.92 Å². The Bertz CT molecular complexity index is 1170. The first-order chi connectivity index (χ1) is 15.7. The molecular formula is C22H21BClF3N4O2. The molecule has 6 nitrogen and oxygen atoms in total. The maximum atomic E-state index is 13.3. The second kappa shape index (κ2) is 9.55. The Labute approximate surface area is 194 Å². The van der Waals surface area contributed by atoms with Crippen LogP contribution in [0.1, 0.15) is 41.9 Å². The van der Waals surface area contributed by atoms with E-state index in [1.165, 1.54) is 24.7 Å². The number of alkyl halides is 3. The number of pyridine rings is 1. The van der Waals surface area contributed by atoms with E-state index in [1.807, 2.05) is 0 Å². The number of aromatic nitrogens is 2. The van der Waals surface area contributed by atoms with Crippen LogP contribution in [0, 0.1) is 5.92 Å². The van der Waals surface area contributed by atoms with E-state index in [0.29, 0.717) is 35.5 Å². The van der Waals surface area contributed by atoms with Crippen molar-refractivity contribution in [2.75, 3.05) is 11.9 Å². The summed E-state index contributed by atoms with van der Waals surface area (Å²) in [5, 5.41) is 7.05. The molecule has 0 bridgehead atoms. The van der Waals surface area contributed by atoms with Gasteiger partial charge in [0.15, 0.2) is 0 Å². The molecule has 2 aromatic heterocycles. The van der Waals surface area contributed by atoms with Gasteiger partial charge in [0.2, 0.25) is 0 Å². The summed E-state index contributed by atoms with van der Waals surface area (Å²) in [6, 6.07) is 5.43. The Morgan fingerprint density at radius 2 is 2.06 bits per heavy atom. The number of benzene rings is 1. The number of oxazole rings is 1. The number of hydrogen-bond donors (Lipinski definition) is 2. The van der Waals surface area contributed by atoms with Crippen LogP contribution in [0.3, 0.4) is 0 Å². The number of rotatable bonds is 5. The molecule has 0 aliphatic heterocycles. The van der Waals surface area contributed by atoms with E-state index in [-0.39, 0.29) is 29.1 Å². The third-order valence-corrected chi connectivity index (χ3v) is 6.07. The predicted octanol–water partition coefficient (Wildman–Crippen LogP) is 4.37. The number of nitrogens with zero attached hydrogens (tertiary/aromatic N) is 2. The molecule has 0 saturated heterocycles. The van der Waals surface area contributed by atoms with Gasteiger partial charge in [0.05, 0.1) is 0 Å². The van der Waals surface area contributed by atoms with E-state index in [9.17, 15) is 18.0 Å². The summed E-state index contributed by atoms with van der Waals surface area (Å²) in [5.41, 5.74) is 0.518. The minimum absolute atomic E-state index is 0.133. The van der Waals surface area contributed by atoms with Crippen LogP contribution in [0.2, 0.25) is 5.02 Å². The van der Waals surface area contributed by atoms with Gasteiger partial charge in [-0.2, -0.15) is 0 Å². The molecule has 2 N–H and O–H groups in total. The average Bonchev–Trinajstić information content (AvgIpc) is 3.25. The van der Waals surface area contributed by atoms with Gasteiger partial charge < -0.3 is 0 Å². The van der Waals surface area contributed by atoms with Crippen LogP contribution in [0.15, 0.2) is 41.3 Å². The normalized spacial score (nSPS) is 19.3. The predicted molar refractivity (Wildman–Crippen MR) is 122 cm³/mol. The Kier molecular flexibility index (Phi) is 6.74. The molecule has 3 aromatic rings. The molecule has 0 spiro atoms. The van der Waals surface area contributed by atoms with Gasteiger partial charge in [-0.1, -0.05) is 0 Å². The van der Waals surface area contributed by atoms with Crippen LogP contribution < -0.4 is 10.6 Å². The third-order valence-electron chi connectivity index (χ3n) is 5.83. The number of fused-ring (bicyclic) bond motifs is 1. The second-order valence-electron chi connectivity index (χ2n) is 8.13. The summed E-state index contributed by atoms with van der Waals surface area (Å²) >= 11 is 6.07. The first-order valence-electron chi connectivity index (χ1n) is 10.5. The Balaban J connectivity index is 1.45. The quantitative estimate of drug-likeness (QED) is 0.422. The molecule has 1 fully saturated rings. The molecule has 1 amide bonds. The fourth-order valence-electron chi connectivity index (χ4n) is 3.99. The summed E-state index contributed by atoms with van der Waals surface area (Å²) in [4.78, 5) is 19.8. The SMILES string of the molecule is B=C1CC[C@H](CNc2cc(C(F)(F)F)nc3ccc(Cl)cc23)CC[C@@H]1NC(=O)c1cnco1. The maximum absolute atomic E-state index is 13.3. The van der Waals surface area contributed by atoms with Crippen LogP contribution >= 0.6 is 11.6 Å². The Hall–Kier alpha value is -2.88. The monoisotopic (exact) mass is 476 g/mol. The van der Waals surface area contributed by atoms with E-state index in [4.69, 9.17) is 16.0 Å². The zero-order chi connectivity index (χ0) is 23.6. The van der Waals surface area contributed by atoms with Gasteiger partial charge in [-0.25, -0.2) is 0 Å². The second-order valence-corrected chi connectivity index (χ2v) is 8.56. The number of hydrogen-bond acceptors (Lipinski definition) is 5. The molecule has 1 aliphatic rings. The molecule has 0 unspecified atom stereocenters. The minimum atomic E-state index is -4.56. The van der Waals surface area contributed by atoms with Gasteiger partial charge in [0.25, 0.3) is 0 Å². The van der Waals surface area contributed by atoms with Gasteiger partial charge in [-0.05, 0) is 0 Å². The van der Waals surface area contributed by atoms with Crippen molar-refractivity contribution in [3.05, 3.63) is 53.3 Å². The fourth-order valence-corrected chi connectivity index (χ4v) is 4.17. The molecule has 1 aliphatic carbocycles. The summed E-state index contributed by atoms with van der Waals surface area (Å²) < 4.78 is 45.1. The van der Waals surface area contributed by atoms with E-state index in [0.717, 1.165) is 24.4 Å². The number of halogens is 4. The number of amides is 1. The van der Waals surface area contributed by atoms with Crippen molar-refractivity contribution in [1.82, 2.24) is 15.3 Å². The summed E-state index contributed by atoms with van der Waals surface area (Å²) in [6.07, 6.45) is 0.922. The molecule has 33 heavy (non-hydrogen) atoms. The number of carbonyl (C=O) groups excluding carboxylic acids is 1. The zero-order valence-electron chi connectivity index (χ0n) is 17.6. The van der Waals surface area contributed by atoms with Crippen molar-refractivity contribution in [3.63, 3.8) is 0 Å². The number of nitrogens with one attached hydrogen (secondary N) is 2. The van der Waals surface area contributed by atoms with Crippen LogP contribution in [-0.2, 0) is 6.18 Å². The van der Waals surface area contributed by atoms with Gasteiger partial charge in [-0.3, -0.25) is 0 Å². The molecule has 172 valence electrons. The molecule has 1 saturated carbocycles.